The second kappa shape index (κ2) is 13.2. The quantitative estimate of drug-likeness (QED) is 0.275. The summed E-state index contributed by atoms with van der Waals surface area (Å²) in [7, 11) is 0. The number of carbonyl (C=O) groups excluding carboxylic acids is 4. The monoisotopic (exact) mass is 579 g/mol. The van der Waals surface area contributed by atoms with Gasteiger partial charge in [0.25, 0.3) is 0 Å². The van der Waals surface area contributed by atoms with Crippen LogP contribution in [0.4, 0.5) is 0 Å². The van der Waals surface area contributed by atoms with Gasteiger partial charge in [0.1, 0.15) is 23.7 Å². The average Bonchev–Trinajstić information content (AvgIpc) is 3.64. The summed E-state index contributed by atoms with van der Waals surface area (Å²) in [5.41, 5.74) is -0.578. The molecule has 0 aromatic heterocycles. The van der Waals surface area contributed by atoms with Crippen LogP contribution < -0.4 is 5.32 Å². The molecule has 4 heterocycles. The first-order chi connectivity index (χ1) is 20.4. The number of aliphatic hydroxyl groups excluding tert-OH is 1. The van der Waals surface area contributed by atoms with Crippen molar-refractivity contribution in [2.45, 2.75) is 69.3 Å². The van der Waals surface area contributed by atoms with E-state index in [0.717, 1.165) is 24.8 Å². The van der Waals surface area contributed by atoms with Crippen LogP contribution in [-0.2, 0) is 28.7 Å². The topological polar surface area (TPSA) is 125 Å². The summed E-state index contributed by atoms with van der Waals surface area (Å²) in [6.07, 6.45) is 9.66. The number of amides is 3. The first-order valence-corrected chi connectivity index (χ1v) is 15.2. The van der Waals surface area contributed by atoms with Gasteiger partial charge < -0.3 is 29.7 Å². The van der Waals surface area contributed by atoms with Crippen LogP contribution in [-0.4, -0.2) is 89.1 Å². The first-order valence-electron chi connectivity index (χ1n) is 15.2. The summed E-state index contributed by atoms with van der Waals surface area (Å²) < 4.78 is 12.5. The number of unbranched alkanes of at least 4 members (excludes halogenated alkanes) is 2. The van der Waals surface area contributed by atoms with Crippen LogP contribution in [0.5, 0.6) is 0 Å². The molecule has 1 aromatic rings. The number of cyclic esters (lactones) is 1. The van der Waals surface area contributed by atoms with Crippen molar-refractivity contribution >= 4 is 23.7 Å². The Hall–Kier alpha value is -3.50. The molecule has 1 spiro atoms. The van der Waals surface area contributed by atoms with E-state index in [0.29, 0.717) is 25.9 Å². The zero-order chi connectivity index (χ0) is 29.7. The molecule has 3 amide bonds. The maximum absolute atomic E-state index is 14.3. The molecule has 0 aliphatic carbocycles. The van der Waals surface area contributed by atoms with Crippen molar-refractivity contribution in [3.05, 3.63) is 60.2 Å². The van der Waals surface area contributed by atoms with Gasteiger partial charge in [-0.25, -0.2) is 0 Å². The van der Waals surface area contributed by atoms with Crippen LogP contribution in [0.25, 0.3) is 0 Å². The number of hydrogen-bond donors (Lipinski definition) is 2. The normalized spacial score (nSPS) is 32.2. The minimum atomic E-state index is -1.30. The van der Waals surface area contributed by atoms with E-state index in [2.05, 4.69) is 12.2 Å². The van der Waals surface area contributed by atoms with E-state index in [1.165, 1.54) is 4.90 Å². The Morgan fingerprint density at radius 1 is 1.02 bits per heavy atom. The number of rotatable bonds is 8. The fourth-order valence-corrected chi connectivity index (χ4v) is 6.66. The number of ether oxygens (including phenoxy) is 2. The Bertz CT molecular complexity index is 1220. The lowest BCUT2D eigenvalue weighted by atomic mass is 9.74. The molecular weight excluding hydrogens is 538 g/mol. The molecule has 10 nitrogen and oxygen atoms in total. The Morgan fingerprint density at radius 3 is 2.60 bits per heavy atom. The molecule has 42 heavy (non-hydrogen) atoms. The molecule has 0 unspecified atom stereocenters. The third-order valence-electron chi connectivity index (χ3n) is 8.73. The van der Waals surface area contributed by atoms with E-state index in [9.17, 15) is 24.3 Å². The number of nitrogens with one attached hydrogen (secondary N) is 1. The number of esters is 1. The van der Waals surface area contributed by atoms with Crippen LogP contribution >= 0.6 is 0 Å². The molecule has 226 valence electrons. The number of nitrogens with zero attached hydrogens (tertiary/aromatic N) is 2. The van der Waals surface area contributed by atoms with E-state index in [4.69, 9.17) is 9.47 Å². The van der Waals surface area contributed by atoms with Crippen molar-refractivity contribution in [1.82, 2.24) is 15.1 Å². The smallest absolute Gasteiger partial charge is 0.313 e. The van der Waals surface area contributed by atoms with E-state index >= 15 is 0 Å². The number of fused-ring (bicyclic) bond motifs is 2. The number of hydrogen-bond acceptors (Lipinski definition) is 7. The maximum Gasteiger partial charge on any atom is 0.313 e. The molecule has 4 aliphatic rings. The van der Waals surface area contributed by atoms with Gasteiger partial charge in [-0.1, -0.05) is 74.4 Å². The maximum atomic E-state index is 14.3. The predicted molar refractivity (Wildman–Crippen MR) is 154 cm³/mol. The zero-order valence-electron chi connectivity index (χ0n) is 24.2. The molecular formula is C32H41N3O7. The standard InChI is InChI=1S/C32H41N3O7/c1-2-3-9-17-34-18-10-5-8-14-25(37)33-21-24(22-12-6-4-7-13-22)41-31(40)26-23-15-16-32(42-23)27(26)29(38)35(19-11-20-36)28(32)30(34)39/h4-7,10,12-13,15-16,23-24,26-28,36H,2-3,8-9,11,14,17-21H2,1H3,(H,33,37)/b10-5-/t23-,24-,26+,27+,28-,32+/m0/s1. The van der Waals surface area contributed by atoms with E-state index in [-0.39, 0.29) is 43.8 Å². The van der Waals surface area contributed by atoms with Crippen LogP contribution in [0.3, 0.4) is 0 Å². The van der Waals surface area contributed by atoms with Crippen molar-refractivity contribution < 1.29 is 33.8 Å². The second-order valence-corrected chi connectivity index (χ2v) is 11.5. The highest BCUT2D eigenvalue weighted by Gasteiger charge is 2.73. The molecule has 2 saturated heterocycles. The van der Waals surface area contributed by atoms with Crippen LogP contribution in [0, 0.1) is 11.8 Å². The average molecular weight is 580 g/mol. The van der Waals surface area contributed by atoms with Gasteiger partial charge in [-0.05, 0) is 24.8 Å². The molecule has 2 N–H and O–H groups in total. The van der Waals surface area contributed by atoms with Crippen LogP contribution in [0.15, 0.2) is 54.6 Å². The minimum Gasteiger partial charge on any atom is -0.455 e. The van der Waals surface area contributed by atoms with Crippen molar-refractivity contribution in [3.8, 4) is 0 Å². The molecule has 5 rings (SSSR count). The second-order valence-electron chi connectivity index (χ2n) is 11.5. The van der Waals surface area contributed by atoms with Crippen molar-refractivity contribution in [1.29, 1.82) is 0 Å². The summed E-state index contributed by atoms with van der Waals surface area (Å²) >= 11 is 0. The summed E-state index contributed by atoms with van der Waals surface area (Å²) in [5.74, 6) is -3.23. The molecule has 0 saturated carbocycles. The van der Waals surface area contributed by atoms with Gasteiger partial charge in [-0.15, -0.1) is 0 Å². The van der Waals surface area contributed by atoms with E-state index in [1.807, 2.05) is 42.5 Å². The van der Waals surface area contributed by atoms with Gasteiger partial charge in [0.15, 0.2) is 0 Å². The number of likely N-dealkylation sites (tertiary alicyclic amines) is 1. The first kappa shape index (κ1) is 30.0. The fourth-order valence-electron chi connectivity index (χ4n) is 6.66. The largest absolute Gasteiger partial charge is 0.455 e. The van der Waals surface area contributed by atoms with Crippen molar-refractivity contribution in [3.63, 3.8) is 0 Å². The Labute approximate surface area is 246 Å². The number of benzene rings is 1. The van der Waals surface area contributed by atoms with E-state index in [1.54, 1.807) is 17.1 Å². The van der Waals surface area contributed by atoms with E-state index < -0.39 is 41.7 Å². The lowest BCUT2D eigenvalue weighted by Crippen LogP contribution is -2.56. The molecule has 0 radical (unpaired) electrons. The number of carbonyl (C=O) groups is 4. The van der Waals surface area contributed by atoms with Crippen LogP contribution in [0.1, 0.15) is 57.1 Å². The molecule has 2 fully saturated rings. The van der Waals surface area contributed by atoms with Crippen molar-refractivity contribution in [2.24, 2.45) is 11.8 Å². The van der Waals surface area contributed by atoms with Gasteiger partial charge in [0.05, 0.1) is 18.6 Å². The number of allylic oxidation sites excluding steroid dienone is 1. The Balaban J connectivity index is 1.52. The fraction of sp³-hybridized carbons (Fsp3) is 0.562. The zero-order valence-corrected chi connectivity index (χ0v) is 24.2. The van der Waals surface area contributed by atoms with Gasteiger partial charge in [0.2, 0.25) is 17.7 Å². The predicted octanol–water partition coefficient (Wildman–Crippen LogP) is 2.29. The lowest BCUT2D eigenvalue weighted by Gasteiger charge is -2.36. The van der Waals surface area contributed by atoms with Gasteiger partial charge in [-0.2, -0.15) is 0 Å². The Morgan fingerprint density at radius 2 is 1.83 bits per heavy atom. The van der Waals surface area contributed by atoms with Gasteiger partial charge in [-0.3, -0.25) is 19.2 Å². The highest BCUT2D eigenvalue weighted by molar-refractivity contribution is 5.99. The summed E-state index contributed by atoms with van der Waals surface area (Å²) in [5, 5.41) is 12.5. The summed E-state index contributed by atoms with van der Waals surface area (Å²) in [6.45, 7) is 3.06. The van der Waals surface area contributed by atoms with Crippen molar-refractivity contribution in [2.75, 3.05) is 32.8 Å². The molecule has 10 heteroatoms. The third kappa shape index (κ3) is 5.74. The number of aliphatic hydroxyl groups is 1. The van der Waals surface area contributed by atoms with Gasteiger partial charge >= 0.3 is 5.97 Å². The lowest BCUT2D eigenvalue weighted by molar-refractivity contribution is -0.159. The molecule has 5 bridgehead atoms. The highest BCUT2D eigenvalue weighted by atomic mass is 16.6. The Kier molecular flexibility index (Phi) is 9.43. The molecule has 1 aromatic carbocycles. The van der Waals surface area contributed by atoms with Gasteiger partial charge in [0, 0.05) is 32.7 Å². The summed E-state index contributed by atoms with van der Waals surface area (Å²) in [6, 6.07) is 8.21. The highest BCUT2D eigenvalue weighted by Crippen LogP contribution is 2.55. The molecule has 4 aliphatic heterocycles. The molecule has 6 atom stereocenters. The minimum absolute atomic E-state index is 0.0884. The SMILES string of the molecule is CCCCCN1C/C=C\CCC(=O)NC[C@@H](c2ccccc2)OC(=O)[C@@H]2[C@@H]3C=C[C@]4(O3)[C@H](C1=O)N(CCCO)C(=O)[C@@H]24. The third-order valence-corrected chi connectivity index (χ3v) is 8.73. The summed E-state index contributed by atoms with van der Waals surface area (Å²) in [4.78, 5) is 58.2. The van der Waals surface area contributed by atoms with Crippen LogP contribution in [0.2, 0.25) is 0 Å².